The van der Waals surface area contributed by atoms with Crippen molar-refractivity contribution in [2.75, 3.05) is 0 Å². The van der Waals surface area contributed by atoms with Gasteiger partial charge >= 0.3 is 6.61 Å². The van der Waals surface area contributed by atoms with Crippen molar-refractivity contribution in [3.8, 4) is 5.75 Å². The van der Waals surface area contributed by atoms with Gasteiger partial charge in [-0.3, -0.25) is 0 Å². The van der Waals surface area contributed by atoms with Crippen LogP contribution in [0, 0.1) is 0 Å². The molecule has 0 aliphatic rings. The highest BCUT2D eigenvalue weighted by Gasteiger charge is 2.08. The summed E-state index contributed by atoms with van der Waals surface area (Å²) in [6.07, 6.45) is 0. The van der Waals surface area contributed by atoms with Crippen molar-refractivity contribution in [1.82, 2.24) is 0 Å². The standard InChI is InChI=1S/C12H9ClF2O/c13-7-9-6-10(16-12(14)15)5-8-3-1-2-4-11(8)9/h1-6,12H,7H2. The molecule has 1 nitrogen and oxygen atoms in total. The molecule has 2 aromatic rings. The van der Waals surface area contributed by atoms with Crippen molar-refractivity contribution >= 4 is 22.4 Å². The topological polar surface area (TPSA) is 9.23 Å². The molecule has 0 bridgehead atoms. The first-order valence-electron chi connectivity index (χ1n) is 4.73. The molecule has 0 N–H and O–H groups in total. The van der Waals surface area contributed by atoms with Crippen molar-refractivity contribution < 1.29 is 13.5 Å². The van der Waals surface area contributed by atoms with Crippen LogP contribution in [0.25, 0.3) is 10.8 Å². The molecule has 0 amide bonds. The number of benzene rings is 2. The lowest BCUT2D eigenvalue weighted by Gasteiger charge is -2.09. The fourth-order valence-electron chi connectivity index (χ4n) is 1.64. The Morgan fingerprint density at radius 2 is 1.94 bits per heavy atom. The van der Waals surface area contributed by atoms with Gasteiger partial charge in [-0.15, -0.1) is 11.6 Å². The zero-order valence-corrected chi connectivity index (χ0v) is 9.05. The first kappa shape index (κ1) is 11.1. The molecule has 0 radical (unpaired) electrons. The fourth-order valence-corrected chi connectivity index (χ4v) is 1.86. The Balaban J connectivity index is 2.54. The zero-order valence-electron chi connectivity index (χ0n) is 8.29. The molecule has 2 aromatic carbocycles. The van der Waals surface area contributed by atoms with Gasteiger partial charge in [-0.2, -0.15) is 8.78 Å². The highest BCUT2D eigenvalue weighted by atomic mass is 35.5. The molecule has 16 heavy (non-hydrogen) atoms. The van der Waals surface area contributed by atoms with Crippen molar-refractivity contribution in [3.05, 3.63) is 42.0 Å². The van der Waals surface area contributed by atoms with Crippen molar-refractivity contribution in [2.24, 2.45) is 0 Å². The van der Waals surface area contributed by atoms with Gasteiger partial charge in [0.1, 0.15) is 5.75 Å². The quantitative estimate of drug-likeness (QED) is 0.734. The van der Waals surface area contributed by atoms with Gasteiger partial charge in [0.2, 0.25) is 0 Å². The second kappa shape index (κ2) is 4.66. The third kappa shape index (κ3) is 2.25. The monoisotopic (exact) mass is 242 g/mol. The predicted octanol–water partition coefficient (Wildman–Crippen LogP) is 4.18. The summed E-state index contributed by atoms with van der Waals surface area (Å²) in [5.41, 5.74) is 0.787. The third-order valence-corrected chi connectivity index (χ3v) is 2.58. The van der Waals surface area contributed by atoms with Gasteiger partial charge in [-0.1, -0.05) is 24.3 Å². The van der Waals surface area contributed by atoms with Gasteiger partial charge in [-0.25, -0.2) is 0 Å². The van der Waals surface area contributed by atoms with E-state index in [2.05, 4.69) is 4.74 Å². The molecular weight excluding hydrogens is 234 g/mol. The average molecular weight is 243 g/mol. The largest absolute Gasteiger partial charge is 0.435 e. The van der Waals surface area contributed by atoms with Gasteiger partial charge in [0, 0.05) is 5.88 Å². The summed E-state index contributed by atoms with van der Waals surface area (Å²) in [4.78, 5) is 0. The van der Waals surface area contributed by atoms with Crippen LogP contribution in [0.15, 0.2) is 36.4 Å². The van der Waals surface area contributed by atoms with Gasteiger partial charge in [0.15, 0.2) is 0 Å². The molecular formula is C12H9ClF2O. The van der Waals surface area contributed by atoms with Crippen molar-refractivity contribution in [2.45, 2.75) is 12.5 Å². The van der Waals surface area contributed by atoms with E-state index in [-0.39, 0.29) is 11.6 Å². The van der Waals surface area contributed by atoms with Crippen molar-refractivity contribution in [1.29, 1.82) is 0 Å². The Labute approximate surface area is 96.6 Å². The minimum absolute atomic E-state index is 0.143. The van der Waals surface area contributed by atoms with Crippen LogP contribution < -0.4 is 4.74 Å². The van der Waals surface area contributed by atoms with E-state index >= 15 is 0 Å². The lowest BCUT2D eigenvalue weighted by Crippen LogP contribution is -2.02. The average Bonchev–Trinajstić information content (AvgIpc) is 2.27. The Morgan fingerprint density at radius 1 is 1.19 bits per heavy atom. The highest BCUT2D eigenvalue weighted by Crippen LogP contribution is 2.27. The van der Waals surface area contributed by atoms with Crippen LogP contribution in [0.3, 0.4) is 0 Å². The van der Waals surface area contributed by atoms with Crippen LogP contribution >= 0.6 is 11.6 Å². The van der Waals surface area contributed by atoms with E-state index < -0.39 is 6.61 Å². The molecule has 0 saturated heterocycles. The summed E-state index contributed by atoms with van der Waals surface area (Å²) in [5.74, 6) is 0.408. The van der Waals surface area contributed by atoms with E-state index in [4.69, 9.17) is 11.6 Å². The summed E-state index contributed by atoms with van der Waals surface area (Å²) in [7, 11) is 0. The molecule has 0 aliphatic carbocycles. The Kier molecular flexibility index (Phi) is 3.25. The molecule has 4 heteroatoms. The van der Waals surface area contributed by atoms with Gasteiger partial charge < -0.3 is 4.74 Å². The number of hydrogen-bond donors (Lipinski definition) is 0. The molecule has 84 valence electrons. The SMILES string of the molecule is FC(F)Oc1cc(CCl)c2ccccc2c1. The second-order valence-electron chi connectivity index (χ2n) is 3.32. The first-order valence-corrected chi connectivity index (χ1v) is 5.26. The van der Waals surface area contributed by atoms with Crippen LogP contribution in [0.1, 0.15) is 5.56 Å². The molecule has 0 fully saturated rings. The Hall–Kier alpha value is -1.35. The maximum Gasteiger partial charge on any atom is 0.387 e. The highest BCUT2D eigenvalue weighted by molar-refractivity contribution is 6.18. The number of hydrogen-bond acceptors (Lipinski definition) is 1. The molecule has 0 aromatic heterocycles. The number of alkyl halides is 3. The van der Waals surface area contributed by atoms with E-state index in [1.54, 1.807) is 12.1 Å². The van der Waals surface area contributed by atoms with Crippen molar-refractivity contribution in [3.63, 3.8) is 0 Å². The zero-order chi connectivity index (χ0) is 11.5. The van der Waals surface area contributed by atoms with E-state index in [0.717, 1.165) is 16.3 Å². The third-order valence-electron chi connectivity index (χ3n) is 2.29. The summed E-state index contributed by atoms with van der Waals surface area (Å²) in [6.45, 7) is -2.82. The number of rotatable bonds is 3. The first-order chi connectivity index (χ1) is 7.70. The Morgan fingerprint density at radius 3 is 2.62 bits per heavy atom. The van der Waals surface area contributed by atoms with Crippen LogP contribution in [-0.4, -0.2) is 6.61 Å². The summed E-state index contributed by atoms with van der Waals surface area (Å²) < 4.78 is 28.6. The van der Waals surface area contributed by atoms with Gasteiger partial charge in [-0.05, 0) is 28.5 Å². The minimum atomic E-state index is -2.82. The predicted molar refractivity (Wildman–Crippen MR) is 60.1 cm³/mol. The lowest BCUT2D eigenvalue weighted by molar-refractivity contribution is -0.0497. The molecule has 0 saturated carbocycles. The maximum absolute atomic E-state index is 12.1. The van der Waals surface area contributed by atoms with E-state index in [1.807, 2.05) is 24.3 Å². The second-order valence-corrected chi connectivity index (χ2v) is 3.58. The number of fused-ring (bicyclic) bond motifs is 1. The molecule has 2 rings (SSSR count). The van der Waals surface area contributed by atoms with Gasteiger partial charge in [0.25, 0.3) is 0 Å². The normalized spacial score (nSPS) is 11.0. The maximum atomic E-state index is 12.1. The molecule has 0 heterocycles. The van der Waals surface area contributed by atoms with E-state index in [0.29, 0.717) is 0 Å². The van der Waals surface area contributed by atoms with E-state index in [9.17, 15) is 8.78 Å². The smallest absolute Gasteiger partial charge is 0.387 e. The summed E-state index contributed by atoms with van der Waals surface area (Å²) in [5, 5.41) is 1.80. The molecule has 0 atom stereocenters. The molecule has 0 aliphatic heterocycles. The van der Waals surface area contributed by atoms with Crippen LogP contribution in [0.5, 0.6) is 5.75 Å². The summed E-state index contributed by atoms with van der Waals surface area (Å²) in [6, 6.07) is 10.6. The van der Waals surface area contributed by atoms with Gasteiger partial charge in [0.05, 0.1) is 0 Å². The minimum Gasteiger partial charge on any atom is -0.435 e. The van der Waals surface area contributed by atoms with Crippen LogP contribution in [-0.2, 0) is 5.88 Å². The fraction of sp³-hybridized carbons (Fsp3) is 0.167. The molecule has 0 spiro atoms. The van der Waals surface area contributed by atoms with Crippen LogP contribution in [0.2, 0.25) is 0 Å². The number of ether oxygens (including phenoxy) is 1. The van der Waals surface area contributed by atoms with E-state index in [1.165, 1.54) is 0 Å². The molecule has 0 unspecified atom stereocenters. The lowest BCUT2D eigenvalue weighted by atomic mass is 10.1. The Bertz CT molecular complexity index is 499. The summed E-state index contributed by atoms with van der Waals surface area (Å²) >= 11 is 5.77. The van der Waals surface area contributed by atoms with Crippen LogP contribution in [0.4, 0.5) is 8.78 Å². The number of halogens is 3.